The highest BCUT2D eigenvalue weighted by Crippen LogP contribution is 2.31. The highest BCUT2D eigenvalue weighted by Gasteiger charge is 2.55. The molecular formula is C18H23ClO6. The van der Waals surface area contributed by atoms with Gasteiger partial charge < -0.3 is 29.9 Å². The van der Waals surface area contributed by atoms with E-state index in [4.69, 9.17) is 21.1 Å². The molecule has 0 saturated carbocycles. The fourth-order valence-electron chi connectivity index (χ4n) is 2.41. The van der Waals surface area contributed by atoms with Gasteiger partial charge in [-0.1, -0.05) is 36.4 Å². The number of hydrogen-bond acceptors (Lipinski definition) is 6. The van der Waals surface area contributed by atoms with E-state index in [9.17, 15) is 20.4 Å². The quantitative estimate of drug-likeness (QED) is 0.582. The SMILES string of the molecule is CCC(C)O[C@H]1O[C@H](CO)[C@@H](O)[C@H](O)[C@@]1(O)C#Cc1cccc(Cl)c1. The summed E-state index contributed by atoms with van der Waals surface area (Å²) in [6, 6.07) is 6.68. The van der Waals surface area contributed by atoms with Crippen LogP contribution in [0.2, 0.25) is 5.02 Å². The number of halogens is 1. The minimum absolute atomic E-state index is 0.286. The minimum Gasteiger partial charge on any atom is -0.394 e. The molecule has 0 spiro atoms. The van der Waals surface area contributed by atoms with Crippen molar-refractivity contribution in [1.29, 1.82) is 0 Å². The smallest absolute Gasteiger partial charge is 0.205 e. The van der Waals surface area contributed by atoms with Crippen LogP contribution in [0.5, 0.6) is 0 Å². The van der Waals surface area contributed by atoms with E-state index < -0.39 is 36.8 Å². The average molecular weight is 371 g/mol. The van der Waals surface area contributed by atoms with E-state index in [1.54, 1.807) is 31.2 Å². The Balaban J connectivity index is 2.37. The van der Waals surface area contributed by atoms with Crippen molar-refractivity contribution >= 4 is 11.6 Å². The van der Waals surface area contributed by atoms with Gasteiger partial charge in [-0.05, 0) is 31.5 Å². The Morgan fingerprint density at radius 2 is 2.12 bits per heavy atom. The highest BCUT2D eigenvalue weighted by atomic mass is 35.5. The molecular weight excluding hydrogens is 348 g/mol. The van der Waals surface area contributed by atoms with Crippen molar-refractivity contribution in [2.24, 2.45) is 0 Å². The van der Waals surface area contributed by atoms with E-state index in [0.717, 1.165) is 0 Å². The summed E-state index contributed by atoms with van der Waals surface area (Å²) in [7, 11) is 0. The molecule has 0 aliphatic carbocycles. The Morgan fingerprint density at radius 3 is 2.72 bits per heavy atom. The summed E-state index contributed by atoms with van der Waals surface area (Å²) in [5.41, 5.74) is -1.65. The lowest BCUT2D eigenvalue weighted by Gasteiger charge is -2.45. The van der Waals surface area contributed by atoms with Crippen molar-refractivity contribution in [2.45, 2.75) is 56.6 Å². The van der Waals surface area contributed by atoms with E-state index in [1.807, 2.05) is 6.92 Å². The molecule has 1 unspecified atom stereocenters. The Kier molecular flexibility index (Phi) is 6.83. The maximum Gasteiger partial charge on any atom is 0.205 e. The third-order valence-corrected chi connectivity index (χ3v) is 4.39. The normalized spacial score (nSPS) is 33.4. The van der Waals surface area contributed by atoms with Crippen molar-refractivity contribution in [3.63, 3.8) is 0 Å². The van der Waals surface area contributed by atoms with Crippen LogP contribution in [0.1, 0.15) is 25.8 Å². The summed E-state index contributed by atoms with van der Waals surface area (Å²) in [6.07, 6.45) is -5.26. The van der Waals surface area contributed by atoms with Crippen molar-refractivity contribution in [2.75, 3.05) is 6.61 Å². The zero-order valence-electron chi connectivity index (χ0n) is 14.1. The fraction of sp³-hybridized carbons (Fsp3) is 0.556. The summed E-state index contributed by atoms with van der Waals surface area (Å²) < 4.78 is 11.1. The van der Waals surface area contributed by atoms with Crippen LogP contribution in [0.4, 0.5) is 0 Å². The first-order valence-electron chi connectivity index (χ1n) is 8.10. The van der Waals surface area contributed by atoms with Crippen LogP contribution < -0.4 is 0 Å². The molecule has 7 heteroatoms. The molecule has 0 aromatic heterocycles. The van der Waals surface area contributed by atoms with Gasteiger partial charge in [0.15, 0.2) is 0 Å². The lowest BCUT2D eigenvalue weighted by Crippen LogP contribution is -2.67. The van der Waals surface area contributed by atoms with Gasteiger partial charge in [0.1, 0.15) is 18.3 Å². The van der Waals surface area contributed by atoms with Gasteiger partial charge >= 0.3 is 0 Å². The van der Waals surface area contributed by atoms with Crippen LogP contribution >= 0.6 is 11.6 Å². The standard InChI is InChI=1S/C18H23ClO6/c1-3-11(2)24-17-18(23,16(22)15(21)14(10-20)25-17)8-7-12-5-4-6-13(19)9-12/h4-6,9,11,14-17,20-23H,3,10H2,1-2H3/t11?,14-,15-,16+,17+,18+/m1/s1. The molecule has 1 aromatic carbocycles. The Bertz CT molecular complexity index is 642. The van der Waals surface area contributed by atoms with Crippen LogP contribution in [0.25, 0.3) is 0 Å². The molecule has 1 aliphatic rings. The Labute approximate surface area is 152 Å². The summed E-state index contributed by atoms with van der Waals surface area (Å²) in [6.45, 7) is 3.13. The van der Waals surface area contributed by atoms with Crippen LogP contribution in [0.15, 0.2) is 24.3 Å². The number of rotatable bonds is 4. The monoisotopic (exact) mass is 370 g/mol. The first kappa shape index (κ1) is 20.1. The van der Waals surface area contributed by atoms with Crippen LogP contribution in [-0.4, -0.2) is 63.3 Å². The molecule has 1 heterocycles. The second kappa shape index (κ2) is 8.47. The molecule has 138 valence electrons. The second-order valence-corrected chi connectivity index (χ2v) is 6.50. The molecule has 6 atom stereocenters. The Morgan fingerprint density at radius 1 is 1.40 bits per heavy atom. The predicted octanol–water partition coefficient (Wildman–Crippen LogP) is 0.677. The van der Waals surface area contributed by atoms with E-state index in [2.05, 4.69) is 11.8 Å². The van der Waals surface area contributed by atoms with Gasteiger partial charge in [0.25, 0.3) is 0 Å². The van der Waals surface area contributed by atoms with E-state index >= 15 is 0 Å². The molecule has 2 rings (SSSR count). The number of hydrogen-bond donors (Lipinski definition) is 4. The fourth-order valence-corrected chi connectivity index (χ4v) is 2.60. The summed E-state index contributed by atoms with van der Waals surface area (Å²) >= 11 is 5.91. The number of benzene rings is 1. The topological polar surface area (TPSA) is 99.4 Å². The molecule has 1 saturated heterocycles. The molecule has 1 fully saturated rings. The first-order valence-corrected chi connectivity index (χ1v) is 8.48. The van der Waals surface area contributed by atoms with Gasteiger partial charge in [0.05, 0.1) is 12.7 Å². The molecule has 25 heavy (non-hydrogen) atoms. The zero-order chi connectivity index (χ0) is 18.6. The maximum absolute atomic E-state index is 10.9. The van der Waals surface area contributed by atoms with E-state index in [-0.39, 0.29) is 6.10 Å². The Hall–Kier alpha value is -1.17. The summed E-state index contributed by atoms with van der Waals surface area (Å²) in [5, 5.41) is 41.2. The van der Waals surface area contributed by atoms with Gasteiger partial charge in [-0.3, -0.25) is 0 Å². The summed E-state index contributed by atoms with van der Waals surface area (Å²) in [5.74, 6) is 5.27. The van der Waals surface area contributed by atoms with Crippen molar-refractivity contribution < 1.29 is 29.9 Å². The van der Waals surface area contributed by atoms with Crippen molar-refractivity contribution in [1.82, 2.24) is 0 Å². The lowest BCUT2D eigenvalue weighted by molar-refractivity contribution is -0.332. The molecule has 0 bridgehead atoms. The van der Waals surface area contributed by atoms with Crippen LogP contribution in [0, 0.1) is 11.8 Å². The second-order valence-electron chi connectivity index (χ2n) is 6.07. The predicted molar refractivity (Wildman–Crippen MR) is 91.9 cm³/mol. The highest BCUT2D eigenvalue weighted by molar-refractivity contribution is 6.30. The third kappa shape index (κ3) is 4.52. The van der Waals surface area contributed by atoms with E-state index in [0.29, 0.717) is 17.0 Å². The summed E-state index contributed by atoms with van der Waals surface area (Å²) in [4.78, 5) is 0. The van der Waals surface area contributed by atoms with Gasteiger partial charge in [-0.15, -0.1) is 0 Å². The van der Waals surface area contributed by atoms with Gasteiger partial charge in [-0.25, -0.2) is 0 Å². The largest absolute Gasteiger partial charge is 0.394 e. The van der Waals surface area contributed by atoms with Crippen LogP contribution in [0.3, 0.4) is 0 Å². The molecule has 4 N–H and O–H groups in total. The molecule has 1 aromatic rings. The number of aliphatic hydroxyl groups is 4. The van der Waals surface area contributed by atoms with Crippen molar-refractivity contribution in [3.05, 3.63) is 34.9 Å². The van der Waals surface area contributed by atoms with Gasteiger partial charge in [0.2, 0.25) is 11.9 Å². The molecule has 6 nitrogen and oxygen atoms in total. The van der Waals surface area contributed by atoms with Gasteiger partial charge in [-0.2, -0.15) is 0 Å². The molecule has 0 amide bonds. The molecule has 1 aliphatic heterocycles. The van der Waals surface area contributed by atoms with E-state index in [1.165, 1.54) is 0 Å². The number of aliphatic hydroxyl groups excluding tert-OH is 3. The van der Waals surface area contributed by atoms with Gasteiger partial charge in [0, 0.05) is 10.6 Å². The first-order chi connectivity index (χ1) is 11.8. The average Bonchev–Trinajstić information content (AvgIpc) is 2.60. The zero-order valence-corrected chi connectivity index (χ0v) is 14.8. The molecule has 0 radical (unpaired) electrons. The lowest BCUT2D eigenvalue weighted by atomic mass is 9.86. The number of ether oxygens (including phenoxy) is 2. The third-order valence-electron chi connectivity index (χ3n) is 4.16. The van der Waals surface area contributed by atoms with Crippen molar-refractivity contribution in [3.8, 4) is 11.8 Å². The minimum atomic E-state index is -2.17. The maximum atomic E-state index is 10.9. The van der Waals surface area contributed by atoms with Crippen LogP contribution in [-0.2, 0) is 9.47 Å².